The second-order valence-corrected chi connectivity index (χ2v) is 6.01. The van der Waals surface area contributed by atoms with Crippen molar-refractivity contribution in [2.24, 2.45) is 11.7 Å². The molecular weight excluding hydrogens is 268 g/mol. The van der Waals surface area contributed by atoms with Crippen LogP contribution in [-0.4, -0.2) is 12.5 Å². The van der Waals surface area contributed by atoms with Crippen molar-refractivity contribution in [3.05, 3.63) is 52.2 Å². The van der Waals surface area contributed by atoms with Gasteiger partial charge in [-0.1, -0.05) is 30.7 Å². The molecule has 0 aliphatic carbocycles. The lowest BCUT2D eigenvalue weighted by molar-refractivity contribution is -0.121. The Kier molecular flexibility index (Phi) is 4.93. The second kappa shape index (κ2) is 6.68. The normalized spacial score (nSPS) is 12.2. The molecular formula is C16H20N2OS. The lowest BCUT2D eigenvalue weighted by Crippen LogP contribution is -2.37. The van der Waals surface area contributed by atoms with Crippen molar-refractivity contribution in [3.63, 3.8) is 0 Å². The lowest BCUT2D eigenvalue weighted by Gasteiger charge is -2.25. The maximum atomic E-state index is 12.5. The van der Waals surface area contributed by atoms with Gasteiger partial charge in [-0.2, -0.15) is 0 Å². The standard InChI is InChI=1S/C16H20N2OS/c1-12-5-7-14(8-6-12)18(16(19)13(2)10-17)11-15-4-3-9-20-15/h3-9,13H,10-11,17H2,1-2H3. The Bertz CT molecular complexity index is 548. The molecule has 2 N–H and O–H groups in total. The van der Waals surface area contributed by atoms with Crippen molar-refractivity contribution >= 4 is 22.9 Å². The van der Waals surface area contributed by atoms with Crippen molar-refractivity contribution in [2.45, 2.75) is 20.4 Å². The van der Waals surface area contributed by atoms with E-state index in [4.69, 9.17) is 5.73 Å². The summed E-state index contributed by atoms with van der Waals surface area (Å²) < 4.78 is 0. The van der Waals surface area contributed by atoms with Gasteiger partial charge in [0.2, 0.25) is 5.91 Å². The Morgan fingerprint density at radius 2 is 2.00 bits per heavy atom. The fourth-order valence-electron chi connectivity index (χ4n) is 1.95. The number of anilines is 1. The van der Waals surface area contributed by atoms with Crippen molar-refractivity contribution in [1.29, 1.82) is 0 Å². The van der Waals surface area contributed by atoms with Crippen molar-refractivity contribution in [2.75, 3.05) is 11.4 Å². The fourth-order valence-corrected chi connectivity index (χ4v) is 2.64. The van der Waals surface area contributed by atoms with Crippen molar-refractivity contribution in [3.8, 4) is 0 Å². The summed E-state index contributed by atoms with van der Waals surface area (Å²) in [6.07, 6.45) is 0. The summed E-state index contributed by atoms with van der Waals surface area (Å²) in [5, 5.41) is 2.03. The highest BCUT2D eigenvalue weighted by molar-refractivity contribution is 7.09. The minimum Gasteiger partial charge on any atom is -0.330 e. The van der Waals surface area contributed by atoms with E-state index in [-0.39, 0.29) is 11.8 Å². The monoisotopic (exact) mass is 288 g/mol. The molecule has 0 fully saturated rings. The number of benzene rings is 1. The molecule has 0 aliphatic heterocycles. The van der Waals surface area contributed by atoms with E-state index in [1.165, 1.54) is 10.4 Å². The van der Waals surface area contributed by atoms with Gasteiger partial charge in [0.25, 0.3) is 0 Å². The van der Waals surface area contributed by atoms with Gasteiger partial charge in [-0.05, 0) is 30.5 Å². The number of carbonyl (C=O) groups is 1. The first-order chi connectivity index (χ1) is 9.61. The highest BCUT2D eigenvalue weighted by atomic mass is 32.1. The van der Waals surface area contributed by atoms with Crippen LogP contribution in [0.4, 0.5) is 5.69 Å². The molecule has 0 saturated carbocycles. The van der Waals surface area contributed by atoms with E-state index in [0.717, 1.165) is 5.69 Å². The predicted molar refractivity (Wildman–Crippen MR) is 84.9 cm³/mol. The fraction of sp³-hybridized carbons (Fsp3) is 0.312. The first kappa shape index (κ1) is 14.8. The van der Waals surface area contributed by atoms with Gasteiger partial charge in [-0.15, -0.1) is 11.3 Å². The molecule has 2 aromatic rings. The minimum atomic E-state index is -0.170. The highest BCUT2D eigenvalue weighted by Crippen LogP contribution is 2.22. The summed E-state index contributed by atoms with van der Waals surface area (Å²) in [5.74, 6) is -0.0963. The summed E-state index contributed by atoms with van der Waals surface area (Å²) in [6, 6.07) is 12.1. The number of nitrogens with two attached hydrogens (primary N) is 1. The smallest absolute Gasteiger partial charge is 0.231 e. The van der Waals surface area contributed by atoms with Crippen LogP contribution in [0.15, 0.2) is 41.8 Å². The van der Waals surface area contributed by atoms with Crippen LogP contribution in [0.2, 0.25) is 0 Å². The van der Waals surface area contributed by atoms with Gasteiger partial charge in [0.1, 0.15) is 0 Å². The van der Waals surface area contributed by atoms with Crippen LogP contribution in [0.5, 0.6) is 0 Å². The number of amides is 1. The molecule has 20 heavy (non-hydrogen) atoms. The van der Waals surface area contributed by atoms with E-state index >= 15 is 0 Å². The zero-order valence-corrected chi connectivity index (χ0v) is 12.7. The molecule has 1 unspecified atom stereocenters. The zero-order valence-electron chi connectivity index (χ0n) is 11.9. The molecule has 3 nitrogen and oxygen atoms in total. The number of nitrogens with zero attached hydrogens (tertiary/aromatic N) is 1. The summed E-state index contributed by atoms with van der Waals surface area (Å²) >= 11 is 1.66. The van der Waals surface area contributed by atoms with E-state index in [1.807, 2.05) is 60.5 Å². The summed E-state index contributed by atoms with van der Waals surface area (Å²) in [7, 11) is 0. The molecule has 106 valence electrons. The quantitative estimate of drug-likeness (QED) is 0.918. The van der Waals surface area contributed by atoms with Crippen molar-refractivity contribution < 1.29 is 4.79 Å². The molecule has 1 atom stereocenters. The molecule has 1 heterocycles. The van der Waals surface area contributed by atoms with Gasteiger partial charge >= 0.3 is 0 Å². The molecule has 0 aliphatic rings. The largest absolute Gasteiger partial charge is 0.330 e. The van der Waals surface area contributed by atoms with Gasteiger partial charge in [-0.25, -0.2) is 0 Å². The van der Waals surface area contributed by atoms with Crippen molar-refractivity contribution in [1.82, 2.24) is 0 Å². The number of aryl methyl sites for hydroxylation is 1. The van der Waals surface area contributed by atoms with E-state index in [0.29, 0.717) is 13.1 Å². The Morgan fingerprint density at radius 3 is 2.55 bits per heavy atom. The Labute approximate surface area is 124 Å². The molecule has 2 rings (SSSR count). The molecule has 0 spiro atoms. The Morgan fingerprint density at radius 1 is 1.30 bits per heavy atom. The van der Waals surface area contributed by atoms with Crippen LogP contribution >= 0.6 is 11.3 Å². The second-order valence-electron chi connectivity index (χ2n) is 4.98. The maximum absolute atomic E-state index is 12.5. The van der Waals surface area contributed by atoms with Crippen LogP contribution in [-0.2, 0) is 11.3 Å². The van der Waals surface area contributed by atoms with Gasteiger partial charge in [0, 0.05) is 23.0 Å². The summed E-state index contributed by atoms with van der Waals surface area (Å²) in [6.45, 7) is 4.88. The number of carbonyl (C=O) groups excluding carboxylic acids is 1. The molecule has 1 aromatic carbocycles. The Balaban J connectivity index is 2.28. The minimum absolute atomic E-state index is 0.0738. The lowest BCUT2D eigenvalue weighted by atomic mass is 10.1. The van der Waals surface area contributed by atoms with Crippen LogP contribution in [0.3, 0.4) is 0 Å². The molecule has 1 amide bonds. The van der Waals surface area contributed by atoms with Gasteiger partial charge < -0.3 is 10.6 Å². The third kappa shape index (κ3) is 3.46. The summed E-state index contributed by atoms with van der Waals surface area (Å²) in [4.78, 5) is 15.5. The first-order valence-corrected chi connectivity index (χ1v) is 7.60. The highest BCUT2D eigenvalue weighted by Gasteiger charge is 2.21. The van der Waals surface area contributed by atoms with E-state index in [2.05, 4.69) is 0 Å². The number of hydrogen-bond donors (Lipinski definition) is 1. The molecule has 0 saturated heterocycles. The third-order valence-corrected chi connectivity index (χ3v) is 4.14. The third-order valence-electron chi connectivity index (χ3n) is 3.28. The molecule has 4 heteroatoms. The van der Waals surface area contributed by atoms with Gasteiger partial charge in [0.15, 0.2) is 0 Å². The van der Waals surface area contributed by atoms with Crippen LogP contribution < -0.4 is 10.6 Å². The van der Waals surface area contributed by atoms with Crippen LogP contribution in [0, 0.1) is 12.8 Å². The van der Waals surface area contributed by atoms with E-state index in [9.17, 15) is 4.79 Å². The molecule has 0 radical (unpaired) electrons. The average Bonchev–Trinajstić information content (AvgIpc) is 2.97. The maximum Gasteiger partial charge on any atom is 0.231 e. The van der Waals surface area contributed by atoms with Crippen LogP contribution in [0.1, 0.15) is 17.4 Å². The molecule has 1 aromatic heterocycles. The summed E-state index contributed by atoms with van der Waals surface area (Å²) in [5.41, 5.74) is 7.75. The van der Waals surface area contributed by atoms with E-state index in [1.54, 1.807) is 11.3 Å². The number of hydrogen-bond acceptors (Lipinski definition) is 3. The average molecular weight is 288 g/mol. The van der Waals surface area contributed by atoms with Gasteiger partial charge in [-0.3, -0.25) is 4.79 Å². The predicted octanol–water partition coefficient (Wildman–Crippen LogP) is 3.18. The topological polar surface area (TPSA) is 46.3 Å². The zero-order chi connectivity index (χ0) is 14.5. The number of rotatable bonds is 5. The SMILES string of the molecule is Cc1ccc(N(Cc2cccs2)C(=O)C(C)CN)cc1. The molecule has 0 bridgehead atoms. The first-order valence-electron chi connectivity index (χ1n) is 6.72. The van der Waals surface area contributed by atoms with Gasteiger partial charge in [0.05, 0.1) is 6.54 Å². The van der Waals surface area contributed by atoms with E-state index < -0.39 is 0 Å². The Hall–Kier alpha value is -1.65. The number of thiophene rings is 1. The van der Waals surface area contributed by atoms with Crippen LogP contribution in [0.25, 0.3) is 0 Å².